The molecule has 1 fully saturated rings. The van der Waals surface area contributed by atoms with Gasteiger partial charge in [-0.3, -0.25) is 4.57 Å². The summed E-state index contributed by atoms with van der Waals surface area (Å²) in [6, 6.07) is 10.3. The highest BCUT2D eigenvalue weighted by atomic mass is 16.5. The van der Waals surface area contributed by atoms with E-state index in [0.717, 1.165) is 44.2 Å². The van der Waals surface area contributed by atoms with Crippen LogP contribution in [-0.4, -0.2) is 29.3 Å². The van der Waals surface area contributed by atoms with Crippen molar-refractivity contribution in [1.82, 2.24) is 9.55 Å². The van der Waals surface area contributed by atoms with Gasteiger partial charge in [-0.1, -0.05) is 18.2 Å². The van der Waals surface area contributed by atoms with Gasteiger partial charge < -0.3 is 10.1 Å². The second-order valence-corrected chi connectivity index (χ2v) is 4.89. The highest BCUT2D eigenvalue weighted by Gasteiger charge is 2.14. The van der Waals surface area contributed by atoms with Crippen LogP contribution in [0.25, 0.3) is 5.69 Å². The van der Waals surface area contributed by atoms with E-state index in [4.69, 9.17) is 4.74 Å². The molecular formula is C15H19N3O. The average Bonchev–Trinajstić information content (AvgIpc) is 2.95. The summed E-state index contributed by atoms with van der Waals surface area (Å²) in [7, 11) is 0. The lowest BCUT2D eigenvalue weighted by molar-refractivity contribution is 0.0699. The summed E-state index contributed by atoms with van der Waals surface area (Å²) < 4.78 is 7.46. The summed E-state index contributed by atoms with van der Waals surface area (Å²) in [4.78, 5) is 4.40. The molecule has 4 heteroatoms. The molecule has 2 heterocycles. The SMILES string of the molecule is c1ccc(-n2ccnc2NCC2CCOCC2)cc1. The molecule has 1 aromatic heterocycles. The second-order valence-electron chi connectivity index (χ2n) is 4.89. The number of imidazole rings is 1. The maximum Gasteiger partial charge on any atom is 0.207 e. The monoisotopic (exact) mass is 257 g/mol. The van der Waals surface area contributed by atoms with Gasteiger partial charge in [-0.25, -0.2) is 4.98 Å². The molecule has 19 heavy (non-hydrogen) atoms. The number of benzene rings is 1. The van der Waals surface area contributed by atoms with Crippen LogP contribution in [0.5, 0.6) is 0 Å². The molecular weight excluding hydrogens is 238 g/mol. The Morgan fingerprint density at radius 2 is 2.00 bits per heavy atom. The summed E-state index contributed by atoms with van der Waals surface area (Å²) in [6.07, 6.45) is 6.10. The van der Waals surface area contributed by atoms with E-state index in [-0.39, 0.29) is 0 Å². The molecule has 0 saturated carbocycles. The standard InChI is InChI=1S/C15H19N3O/c1-2-4-14(5-3-1)18-9-8-16-15(18)17-12-13-6-10-19-11-7-13/h1-5,8-9,13H,6-7,10-12H2,(H,16,17). The molecule has 1 aliphatic rings. The second kappa shape index (κ2) is 5.89. The van der Waals surface area contributed by atoms with Gasteiger partial charge in [0, 0.05) is 37.8 Å². The van der Waals surface area contributed by atoms with E-state index in [1.807, 2.05) is 30.6 Å². The van der Waals surface area contributed by atoms with Crippen LogP contribution in [0, 0.1) is 5.92 Å². The summed E-state index contributed by atoms with van der Waals surface area (Å²) >= 11 is 0. The largest absolute Gasteiger partial charge is 0.381 e. The van der Waals surface area contributed by atoms with Gasteiger partial charge in [0.1, 0.15) is 0 Å². The van der Waals surface area contributed by atoms with E-state index >= 15 is 0 Å². The third-order valence-corrected chi connectivity index (χ3v) is 3.56. The van der Waals surface area contributed by atoms with Gasteiger partial charge in [0.25, 0.3) is 0 Å². The van der Waals surface area contributed by atoms with Gasteiger partial charge in [-0.2, -0.15) is 0 Å². The smallest absolute Gasteiger partial charge is 0.207 e. The van der Waals surface area contributed by atoms with Crippen molar-refractivity contribution in [2.45, 2.75) is 12.8 Å². The van der Waals surface area contributed by atoms with E-state index in [1.54, 1.807) is 0 Å². The molecule has 1 aromatic carbocycles. The third-order valence-electron chi connectivity index (χ3n) is 3.56. The lowest BCUT2D eigenvalue weighted by atomic mass is 10.0. The molecule has 1 N–H and O–H groups in total. The Bertz CT molecular complexity index is 503. The maximum atomic E-state index is 5.38. The first-order valence-electron chi connectivity index (χ1n) is 6.84. The van der Waals surface area contributed by atoms with Crippen molar-refractivity contribution >= 4 is 5.95 Å². The fraction of sp³-hybridized carbons (Fsp3) is 0.400. The number of hydrogen-bond acceptors (Lipinski definition) is 3. The highest BCUT2D eigenvalue weighted by Crippen LogP contribution is 2.17. The van der Waals surface area contributed by atoms with E-state index < -0.39 is 0 Å². The summed E-state index contributed by atoms with van der Waals surface area (Å²) in [5.74, 6) is 1.60. The Morgan fingerprint density at radius 3 is 2.79 bits per heavy atom. The Hall–Kier alpha value is -1.81. The number of nitrogens with zero attached hydrogens (tertiary/aromatic N) is 2. The van der Waals surface area contributed by atoms with Crippen LogP contribution in [0.15, 0.2) is 42.7 Å². The molecule has 0 radical (unpaired) electrons. The topological polar surface area (TPSA) is 39.1 Å². The lowest BCUT2D eigenvalue weighted by Crippen LogP contribution is -2.23. The lowest BCUT2D eigenvalue weighted by Gasteiger charge is -2.22. The van der Waals surface area contributed by atoms with E-state index in [1.165, 1.54) is 0 Å². The molecule has 100 valence electrons. The summed E-state index contributed by atoms with van der Waals surface area (Å²) in [5, 5.41) is 3.46. The van der Waals surface area contributed by atoms with E-state index in [0.29, 0.717) is 5.92 Å². The maximum absolute atomic E-state index is 5.38. The fourth-order valence-electron chi connectivity index (χ4n) is 2.42. The van der Waals surface area contributed by atoms with Crippen molar-refractivity contribution in [3.63, 3.8) is 0 Å². The van der Waals surface area contributed by atoms with Crippen LogP contribution in [0.2, 0.25) is 0 Å². The number of nitrogens with one attached hydrogen (secondary N) is 1. The van der Waals surface area contributed by atoms with Crippen LogP contribution in [0.4, 0.5) is 5.95 Å². The Balaban J connectivity index is 1.67. The number of ether oxygens (including phenoxy) is 1. The Morgan fingerprint density at radius 1 is 1.21 bits per heavy atom. The van der Waals surface area contributed by atoms with Crippen molar-refractivity contribution < 1.29 is 4.74 Å². The number of anilines is 1. The van der Waals surface area contributed by atoms with Gasteiger partial charge in [0.2, 0.25) is 5.95 Å². The van der Waals surface area contributed by atoms with Crippen LogP contribution in [0.1, 0.15) is 12.8 Å². The molecule has 4 nitrogen and oxygen atoms in total. The van der Waals surface area contributed by atoms with Crippen LogP contribution in [0.3, 0.4) is 0 Å². The molecule has 1 saturated heterocycles. The van der Waals surface area contributed by atoms with Gasteiger partial charge in [-0.05, 0) is 30.9 Å². The van der Waals surface area contributed by atoms with Crippen LogP contribution < -0.4 is 5.32 Å². The fourth-order valence-corrected chi connectivity index (χ4v) is 2.42. The van der Waals surface area contributed by atoms with Gasteiger partial charge in [-0.15, -0.1) is 0 Å². The molecule has 0 atom stereocenters. The average molecular weight is 257 g/mol. The third kappa shape index (κ3) is 2.96. The minimum atomic E-state index is 0.690. The zero-order valence-corrected chi connectivity index (χ0v) is 11.0. The van der Waals surface area contributed by atoms with E-state index in [9.17, 15) is 0 Å². The number of para-hydroxylation sites is 1. The van der Waals surface area contributed by atoms with Crippen molar-refractivity contribution in [1.29, 1.82) is 0 Å². The van der Waals surface area contributed by atoms with Crippen LogP contribution >= 0.6 is 0 Å². The number of aromatic nitrogens is 2. The first-order valence-corrected chi connectivity index (χ1v) is 6.84. The van der Waals surface area contributed by atoms with Crippen molar-refractivity contribution in [3.8, 4) is 5.69 Å². The van der Waals surface area contributed by atoms with E-state index in [2.05, 4.69) is 27.0 Å². The summed E-state index contributed by atoms with van der Waals surface area (Å²) in [5.41, 5.74) is 1.13. The van der Waals surface area contributed by atoms with Crippen molar-refractivity contribution in [3.05, 3.63) is 42.7 Å². The predicted octanol–water partition coefficient (Wildman–Crippen LogP) is 2.71. The van der Waals surface area contributed by atoms with Crippen molar-refractivity contribution in [2.24, 2.45) is 5.92 Å². The summed E-state index contributed by atoms with van der Waals surface area (Å²) in [6.45, 7) is 2.74. The highest BCUT2D eigenvalue weighted by molar-refractivity contribution is 5.41. The molecule has 0 bridgehead atoms. The first kappa shape index (κ1) is 12.2. The van der Waals surface area contributed by atoms with Gasteiger partial charge >= 0.3 is 0 Å². The molecule has 0 spiro atoms. The molecule has 2 aromatic rings. The van der Waals surface area contributed by atoms with Gasteiger partial charge in [0.05, 0.1) is 0 Å². The zero-order chi connectivity index (χ0) is 12.9. The molecule has 1 aliphatic heterocycles. The minimum Gasteiger partial charge on any atom is -0.381 e. The normalized spacial score (nSPS) is 16.4. The molecule has 3 rings (SSSR count). The predicted molar refractivity (Wildman–Crippen MR) is 75.6 cm³/mol. The minimum absolute atomic E-state index is 0.690. The zero-order valence-electron chi connectivity index (χ0n) is 11.0. The number of hydrogen-bond donors (Lipinski definition) is 1. The van der Waals surface area contributed by atoms with Crippen LogP contribution in [-0.2, 0) is 4.74 Å². The Labute approximate surface area is 113 Å². The Kier molecular flexibility index (Phi) is 3.79. The quantitative estimate of drug-likeness (QED) is 0.915. The first-order chi connectivity index (χ1) is 9.43. The molecule has 0 aliphatic carbocycles. The van der Waals surface area contributed by atoms with Crippen molar-refractivity contribution in [2.75, 3.05) is 25.1 Å². The van der Waals surface area contributed by atoms with Gasteiger partial charge in [0.15, 0.2) is 0 Å². The molecule has 0 amide bonds. The molecule has 0 unspecified atom stereocenters. The number of rotatable bonds is 4.